The number of esters is 1. The highest BCUT2D eigenvalue weighted by molar-refractivity contribution is 5.83. The van der Waals surface area contributed by atoms with Crippen LogP contribution in [0.2, 0.25) is 0 Å². The van der Waals surface area contributed by atoms with Crippen molar-refractivity contribution in [2.24, 2.45) is 0 Å². The average Bonchev–Trinajstić information content (AvgIpc) is 2.79. The molecule has 7 nitrogen and oxygen atoms in total. The molecule has 7 heteroatoms. The Bertz CT molecular complexity index is 455. The van der Waals surface area contributed by atoms with Gasteiger partial charge in [0.2, 0.25) is 0 Å². The second kappa shape index (κ2) is 7.52. The van der Waals surface area contributed by atoms with Crippen LogP contribution in [0.1, 0.15) is 26.5 Å². The van der Waals surface area contributed by atoms with E-state index < -0.39 is 5.97 Å². The third kappa shape index (κ3) is 4.91. The Labute approximate surface area is 117 Å². The number of carbonyl (C=O) groups excluding carboxylic acids is 2. The molecule has 1 aromatic rings. The van der Waals surface area contributed by atoms with Gasteiger partial charge < -0.3 is 18.9 Å². The zero-order chi connectivity index (χ0) is 15.1. The third-order valence-corrected chi connectivity index (χ3v) is 2.50. The Morgan fingerprint density at radius 3 is 2.65 bits per heavy atom. The van der Waals surface area contributed by atoms with Gasteiger partial charge in [0.1, 0.15) is 12.3 Å². The third-order valence-electron chi connectivity index (χ3n) is 2.50. The topological polar surface area (TPSA) is 81.9 Å². The van der Waals surface area contributed by atoms with Gasteiger partial charge in [-0.05, 0) is 32.9 Å². The summed E-state index contributed by atoms with van der Waals surface area (Å²) in [5.74, 6) is 0.0934. The molecule has 1 amide bonds. The van der Waals surface area contributed by atoms with Crippen molar-refractivity contribution in [1.29, 1.82) is 0 Å². The number of hydrogen-bond acceptors (Lipinski definition) is 6. The van der Waals surface area contributed by atoms with Crippen LogP contribution in [0.5, 0.6) is 5.88 Å². The Hall–Kier alpha value is -2.05. The van der Waals surface area contributed by atoms with Gasteiger partial charge in [0, 0.05) is 12.1 Å². The molecule has 1 rings (SSSR count). The minimum absolute atomic E-state index is 0.0917. The van der Waals surface area contributed by atoms with Crippen molar-refractivity contribution in [2.75, 3.05) is 19.8 Å². The standard InChI is InChI=1S/C13H20N2O5/c1-5-18-13(17)7-15(9(2)3)12(16)8-19-11-6-10(4)20-14-11/h6,9H,5,7-8H2,1-4H3. The van der Waals surface area contributed by atoms with Crippen LogP contribution in [-0.4, -0.2) is 47.7 Å². The van der Waals surface area contributed by atoms with Crippen LogP contribution >= 0.6 is 0 Å². The summed E-state index contributed by atoms with van der Waals surface area (Å²) >= 11 is 0. The number of carbonyl (C=O) groups is 2. The number of nitrogens with zero attached hydrogens (tertiary/aromatic N) is 2. The molecule has 0 radical (unpaired) electrons. The van der Waals surface area contributed by atoms with E-state index in [-0.39, 0.29) is 37.6 Å². The van der Waals surface area contributed by atoms with Crippen LogP contribution in [0.4, 0.5) is 0 Å². The largest absolute Gasteiger partial charge is 0.465 e. The van der Waals surface area contributed by atoms with E-state index in [1.165, 1.54) is 4.90 Å². The fourth-order valence-electron chi connectivity index (χ4n) is 1.53. The summed E-state index contributed by atoms with van der Waals surface area (Å²) in [5, 5.41) is 3.62. The van der Waals surface area contributed by atoms with Crippen molar-refractivity contribution < 1.29 is 23.6 Å². The van der Waals surface area contributed by atoms with E-state index >= 15 is 0 Å². The van der Waals surface area contributed by atoms with Crippen LogP contribution in [0.3, 0.4) is 0 Å². The van der Waals surface area contributed by atoms with Crippen LogP contribution in [0, 0.1) is 6.92 Å². The van der Waals surface area contributed by atoms with Gasteiger partial charge in [-0.3, -0.25) is 9.59 Å². The monoisotopic (exact) mass is 284 g/mol. The average molecular weight is 284 g/mol. The molecule has 0 aliphatic heterocycles. The first-order valence-electron chi connectivity index (χ1n) is 6.45. The van der Waals surface area contributed by atoms with Crippen LogP contribution < -0.4 is 4.74 Å². The first-order valence-corrected chi connectivity index (χ1v) is 6.45. The Kier molecular flexibility index (Phi) is 6.02. The molecule has 1 aromatic heterocycles. The second-order valence-electron chi connectivity index (χ2n) is 4.48. The molecule has 0 bridgehead atoms. The van der Waals surface area contributed by atoms with E-state index in [0.717, 1.165) is 0 Å². The summed E-state index contributed by atoms with van der Waals surface area (Å²) in [7, 11) is 0. The fraction of sp³-hybridized carbons (Fsp3) is 0.615. The molecule has 0 aromatic carbocycles. The van der Waals surface area contributed by atoms with Gasteiger partial charge in [-0.15, -0.1) is 0 Å². The van der Waals surface area contributed by atoms with E-state index in [4.69, 9.17) is 14.0 Å². The highest BCUT2D eigenvalue weighted by atomic mass is 16.5. The maximum absolute atomic E-state index is 12.0. The summed E-state index contributed by atoms with van der Waals surface area (Å²) in [5.41, 5.74) is 0. The number of hydrogen-bond donors (Lipinski definition) is 0. The number of ether oxygens (including phenoxy) is 2. The van der Waals surface area contributed by atoms with Gasteiger partial charge in [-0.25, -0.2) is 0 Å². The maximum Gasteiger partial charge on any atom is 0.325 e. The van der Waals surface area contributed by atoms with Gasteiger partial charge >= 0.3 is 5.97 Å². The first kappa shape index (κ1) is 16.0. The van der Waals surface area contributed by atoms with Crippen molar-refractivity contribution in [3.05, 3.63) is 11.8 Å². The molecular formula is C13H20N2O5. The quantitative estimate of drug-likeness (QED) is 0.699. The minimum Gasteiger partial charge on any atom is -0.465 e. The van der Waals surface area contributed by atoms with E-state index in [2.05, 4.69) is 5.16 Å². The molecule has 20 heavy (non-hydrogen) atoms. The summed E-state index contributed by atoms with van der Waals surface area (Å²) in [4.78, 5) is 24.9. The highest BCUT2D eigenvalue weighted by Gasteiger charge is 2.21. The minimum atomic E-state index is -0.438. The van der Waals surface area contributed by atoms with Crippen LogP contribution in [-0.2, 0) is 14.3 Å². The Balaban J connectivity index is 2.53. The smallest absolute Gasteiger partial charge is 0.325 e. The zero-order valence-electron chi connectivity index (χ0n) is 12.2. The lowest BCUT2D eigenvalue weighted by Crippen LogP contribution is -2.43. The van der Waals surface area contributed by atoms with Crippen LogP contribution in [0.25, 0.3) is 0 Å². The van der Waals surface area contributed by atoms with Crippen molar-refractivity contribution in [3.8, 4) is 5.88 Å². The van der Waals surface area contributed by atoms with E-state index in [1.807, 2.05) is 13.8 Å². The Morgan fingerprint density at radius 1 is 1.45 bits per heavy atom. The molecule has 0 fully saturated rings. The van der Waals surface area contributed by atoms with E-state index in [1.54, 1.807) is 19.9 Å². The molecule has 0 spiro atoms. The van der Waals surface area contributed by atoms with Crippen LogP contribution in [0.15, 0.2) is 10.6 Å². The second-order valence-corrected chi connectivity index (χ2v) is 4.48. The molecule has 0 saturated heterocycles. The van der Waals surface area contributed by atoms with Gasteiger partial charge in [0.25, 0.3) is 11.8 Å². The van der Waals surface area contributed by atoms with Crippen molar-refractivity contribution in [1.82, 2.24) is 10.1 Å². The molecule has 0 N–H and O–H groups in total. The fourth-order valence-corrected chi connectivity index (χ4v) is 1.53. The van der Waals surface area contributed by atoms with E-state index in [9.17, 15) is 9.59 Å². The molecule has 0 atom stereocenters. The van der Waals surface area contributed by atoms with Gasteiger partial charge in [-0.2, -0.15) is 0 Å². The summed E-state index contributed by atoms with van der Waals surface area (Å²) in [6.45, 7) is 7.07. The predicted octanol–water partition coefficient (Wildman–Crippen LogP) is 1.16. The zero-order valence-corrected chi connectivity index (χ0v) is 12.2. The lowest BCUT2D eigenvalue weighted by Gasteiger charge is -2.25. The van der Waals surface area contributed by atoms with Gasteiger partial charge in [0.15, 0.2) is 6.61 Å². The van der Waals surface area contributed by atoms with Crippen molar-refractivity contribution in [2.45, 2.75) is 33.7 Å². The number of rotatable bonds is 7. The molecule has 0 unspecified atom stereocenters. The molecule has 112 valence electrons. The van der Waals surface area contributed by atoms with Crippen molar-refractivity contribution in [3.63, 3.8) is 0 Å². The molecule has 0 saturated carbocycles. The normalized spacial score (nSPS) is 10.4. The highest BCUT2D eigenvalue weighted by Crippen LogP contribution is 2.10. The number of aryl methyl sites for hydroxylation is 1. The lowest BCUT2D eigenvalue weighted by atomic mass is 10.3. The summed E-state index contributed by atoms with van der Waals surface area (Å²) in [6.07, 6.45) is 0. The molecule has 0 aliphatic rings. The molecular weight excluding hydrogens is 264 g/mol. The molecule has 0 aliphatic carbocycles. The lowest BCUT2D eigenvalue weighted by molar-refractivity contribution is -0.150. The van der Waals surface area contributed by atoms with Crippen molar-refractivity contribution >= 4 is 11.9 Å². The summed E-state index contributed by atoms with van der Waals surface area (Å²) < 4.78 is 14.9. The predicted molar refractivity (Wildman–Crippen MR) is 70.2 cm³/mol. The Morgan fingerprint density at radius 2 is 2.15 bits per heavy atom. The molecule has 1 heterocycles. The van der Waals surface area contributed by atoms with Gasteiger partial charge in [-0.1, -0.05) is 0 Å². The summed E-state index contributed by atoms with van der Waals surface area (Å²) in [6, 6.07) is 1.45. The SMILES string of the molecule is CCOC(=O)CN(C(=O)COc1cc(C)on1)C(C)C. The van der Waals surface area contributed by atoms with E-state index in [0.29, 0.717) is 5.76 Å². The van der Waals surface area contributed by atoms with Gasteiger partial charge in [0.05, 0.1) is 6.61 Å². The number of amides is 1. The first-order chi connectivity index (χ1) is 9.43. The number of aromatic nitrogens is 1. The maximum atomic E-state index is 12.0.